The minimum absolute atomic E-state index is 0.00557. The molecule has 0 aliphatic carbocycles. The summed E-state index contributed by atoms with van der Waals surface area (Å²) < 4.78 is 0. The number of hydrogen-bond donors (Lipinski definition) is 1. The number of benzene rings is 2. The van der Waals surface area contributed by atoms with Crippen molar-refractivity contribution in [2.75, 3.05) is 29.4 Å². The van der Waals surface area contributed by atoms with Crippen LogP contribution in [0.4, 0.5) is 11.4 Å². The summed E-state index contributed by atoms with van der Waals surface area (Å²) in [5.74, 6) is -0.354. The molecule has 0 unspecified atom stereocenters. The molecule has 5 nitrogen and oxygen atoms in total. The summed E-state index contributed by atoms with van der Waals surface area (Å²) in [5, 5.41) is 0. The van der Waals surface area contributed by atoms with Crippen molar-refractivity contribution in [2.24, 2.45) is 5.73 Å². The number of aryl methyl sites for hydroxylation is 1. The molecular weight excluding hydrogens is 302 g/mol. The average molecular weight is 323 g/mol. The Labute approximate surface area is 141 Å². The Balaban J connectivity index is 1.83. The molecule has 2 aromatic rings. The number of fused-ring (bicyclic) bond motifs is 1. The Morgan fingerprint density at radius 3 is 2.50 bits per heavy atom. The van der Waals surface area contributed by atoms with Gasteiger partial charge in [-0.3, -0.25) is 9.59 Å². The molecule has 0 radical (unpaired) electrons. The van der Waals surface area contributed by atoms with E-state index in [4.69, 9.17) is 5.73 Å². The zero-order valence-corrected chi connectivity index (χ0v) is 13.5. The summed E-state index contributed by atoms with van der Waals surface area (Å²) in [4.78, 5) is 28.3. The lowest BCUT2D eigenvalue weighted by molar-refractivity contribution is -0.121. The van der Waals surface area contributed by atoms with Crippen LogP contribution < -0.4 is 15.5 Å². The number of carbonyl (C=O) groups is 2. The second-order valence-electron chi connectivity index (χ2n) is 5.80. The van der Waals surface area contributed by atoms with Crippen molar-refractivity contribution in [3.8, 4) is 0 Å². The van der Waals surface area contributed by atoms with E-state index in [1.165, 1.54) is 10.5 Å². The molecule has 2 aromatic carbocycles. The van der Waals surface area contributed by atoms with Gasteiger partial charge in [0.2, 0.25) is 11.8 Å². The van der Waals surface area contributed by atoms with Gasteiger partial charge >= 0.3 is 0 Å². The van der Waals surface area contributed by atoms with Crippen LogP contribution in [0.25, 0.3) is 0 Å². The van der Waals surface area contributed by atoms with Crippen LogP contribution in [0.5, 0.6) is 0 Å². The number of nitrogens with zero attached hydrogens (tertiary/aromatic N) is 2. The van der Waals surface area contributed by atoms with Gasteiger partial charge in [0, 0.05) is 17.9 Å². The fourth-order valence-electron chi connectivity index (χ4n) is 3.05. The molecule has 2 amide bonds. The first-order valence-electron chi connectivity index (χ1n) is 8.14. The lowest BCUT2D eigenvalue weighted by atomic mass is 10.0. The zero-order chi connectivity index (χ0) is 16.9. The van der Waals surface area contributed by atoms with Crippen molar-refractivity contribution in [2.45, 2.75) is 12.8 Å². The lowest BCUT2D eigenvalue weighted by Crippen LogP contribution is -2.46. The molecule has 0 atom stereocenters. The monoisotopic (exact) mass is 323 g/mol. The fourth-order valence-corrected chi connectivity index (χ4v) is 3.05. The molecule has 0 fully saturated rings. The van der Waals surface area contributed by atoms with E-state index in [0.717, 1.165) is 18.5 Å². The van der Waals surface area contributed by atoms with E-state index >= 15 is 0 Å². The van der Waals surface area contributed by atoms with Gasteiger partial charge < -0.3 is 15.5 Å². The number of hydrogen-bond acceptors (Lipinski definition) is 3. The minimum atomic E-state index is -0.264. The van der Waals surface area contributed by atoms with Gasteiger partial charge in [-0.05, 0) is 36.6 Å². The molecule has 0 saturated carbocycles. The van der Waals surface area contributed by atoms with Crippen LogP contribution in [0.15, 0.2) is 54.6 Å². The molecule has 0 saturated heterocycles. The quantitative estimate of drug-likeness (QED) is 0.935. The second kappa shape index (κ2) is 7.27. The molecule has 24 heavy (non-hydrogen) atoms. The predicted octanol–water partition coefficient (Wildman–Crippen LogP) is 1.96. The van der Waals surface area contributed by atoms with Crippen molar-refractivity contribution in [1.82, 2.24) is 0 Å². The summed E-state index contributed by atoms with van der Waals surface area (Å²) >= 11 is 0. The number of anilines is 2. The van der Waals surface area contributed by atoms with E-state index in [2.05, 4.69) is 6.07 Å². The van der Waals surface area contributed by atoms with Gasteiger partial charge in [-0.15, -0.1) is 0 Å². The van der Waals surface area contributed by atoms with Crippen LogP contribution in [-0.4, -0.2) is 31.4 Å². The van der Waals surface area contributed by atoms with Crippen LogP contribution in [0, 0.1) is 0 Å². The van der Waals surface area contributed by atoms with Gasteiger partial charge in [0.15, 0.2) is 0 Å². The summed E-state index contributed by atoms with van der Waals surface area (Å²) in [6.45, 7) is 0.544. The van der Waals surface area contributed by atoms with Crippen molar-refractivity contribution < 1.29 is 9.59 Å². The molecule has 0 spiro atoms. The van der Waals surface area contributed by atoms with Crippen molar-refractivity contribution in [3.63, 3.8) is 0 Å². The minimum Gasteiger partial charge on any atom is -0.322 e. The Morgan fingerprint density at radius 1 is 1.04 bits per heavy atom. The number of rotatable bonds is 4. The first-order valence-corrected chi connectivity index (χ1v) is 8.14. The van der Waals surface area contributed by atoms with Gasteiger partial charge in [-0.1, -0.05) is 36.4 Å². The third-order valence-electron chi connectivity index (χ3n) is 4.25. The van der Waals surface area contributed by atoms with Gasteiger partial charge in [0.05, 0.1) is 6.54 Å². The average Bonchev–Trinajstić information content (AvgIpc) is 2.65. The van der Waals surface area contributed by atoms with Gasteiger partial charge in [-0.25, -0.2) is 0 Å². The molecule has 1 aliphatic rings. The Kier molecular flexibility index (Phi) is 4.91. The Bertz CT molecular complexity index is 730. The maximum atomic E-state index is 12.9. The molecule has 2 N–H and O–H groups in total. The summed E-state index contributed by atoms with van der Waals surface area (Å²) in [7, 11) is 0. The Morgan fingerprint density at radius 2 is 1.75 bits per heavy atom. The highest BCUT2D eigenvalue weighted by Gasteiger charge is 2.25. The molecule has 0 aromatic heterocycles. The van der Waals surface area contributed by atoms with E-state index in [9.17, 15) is 9.59 Å². The van der Waals surface area contributed by atoms with Crippen LogP contribution in [-0.2, 0) is 16.0 Å². The van der Waals surface area contributed by atoms with Crippen LogP contribution in [0.1, 0.15) is 12.0 Å². The van der Waals surface area contributed by atoms with Gasteiger partial charge in [-0.2, -0.15) is 0 Å². The SMILES string of the molecule is NCC(=O)N(CC(=O)N1CCCc2ccccc21)c1ccccc1. The standard InChI is InChI=1S/C19H21N3O2/c20-13-18(23)22(16-9-2-1-3-10-16)14-19(24)21-12-6-8-15-7-4-5-11-17(15)21/h1-5,7,9-11H,6,8,12-14,20H2. The third-order valence-corrected chi connectivity index (χ3v) is 4.25. The highest BCUT2D eigenvalue weighted by molar-refractivity contribution is 6.04. The first-order chi connectivity index (χ1) is 11.7. The zero-order valence-electron chi connectivity index (χ0n) is 13.5. The fraction of sp³-hybridized carbons (Fsp3) is 0.263. The Hall–Kier alpha value is -2.66. The molecule has 1 heterocycles. The molecule has 124 valence electrons. The summed E-state index contributed by atoms with van der Waals surface area (Å²) in [5.41, 5.74) is 8.33. The van der Waals surface area contributed by atoms with Crippen LogP contribution in [0.3, 0.4) is 0 Å². The first kappa shape index (κ1) is 16.2. The number of nitrogens with two attached hydrogens (primary N) is 1. The topological polar surface area (TPSA) is 66.6 Å². The van der Waals surface area contributed by atoms with Crippen molar-refractivity contribution in [3.05, 3.63) is 60.2 Å². The number of carbonyl (C=O) groups excluding carboxylic acids is 2. The second-order valence-corrected chi connectivity index (χ2v) is 5.80. The van der Waals surface area contributed by atoms with E-state index in [1.807, 2.05) is 48.5 Å². The third kappa shape index (κ3) is 3.31. The van der Waals surface area contributed by atoms with Gasteiger partial charge in [0.1, 0.15) is 6.54 Å². The molecule has 0 bridgehead atoms. The van der Waals surface area contributed by atoms with Crippen molar-refractivity contribution in [1.29, 1.82) is 0 Å². The van der Waals surface area contributed by atoms with E-state index in [1.54, 1.807) is 4.90 Å². The smallest absolute Gasteiger partial charge is 0.247 e. The summed E-state index contributed by atoms with van der Waals surface area (Å²) in [6.07, 6.45) is 1.91. The van der Waals surface area contributed by atoms with Gasteiger partial charge in [0.25, 0.3) is 0 Å². The predicted molar refractivity (Wildman–Crippen MR) is 95.0 cm³/mol. The maximum absolute atomic E-state index is 12.9. The summed E-state index contributed by atoms with van der Waals surface area (Å²) in [6, 6.07) is 17.1. The van der Waals surface area contributed by atoms with Crippen LogP contribution >= 0.6 is 0 Å². The normalized spacial score (nSPS) is 13.3. The molecule has 3 rings (SSSR count). The van der Waals surface area contributed by atoms with E-state index < -0.39 is 0 Å². The molecular formula is C19H21N3O2. The molecule has 5 heteroatoms. The largest absolute Gasteiger partial charge is 0.322 e. The number of para-hydroxylation sites is 2. The number of amides is 2. The highest BCUT2D eigenvalue weighted by Crippen LogP contribution is 2.27. The van der Waals surface area contributed by atoms with E-state index in [0.29, 0.717) is 12.2 Å². The lowest BCUT2D eigenvalue weighted by Gasteiger charge is -2.31. The van der Waals surface area contributed by atoms with Crippen molar-refractivity contribution >= 4 is 23.2 Å². The maximum Gasteiger partial charge on any atom is 0.247 e. The molecule has 1 aliphatic heterocycles. The van der Waals surface area contributed by atoms with E-state index in [-0.39, 0.29) is 24.9 Å². The highest BCUT2D eigenvalue weighted by atomic mass is 16.2. The van der Waals surface area contributed by atoms with Crippen LogP contribution in [0.2, 0.25) is 0 Å².